The van der Waals surface area contributed by atoms with Gasteiger partial charge < -0.3 is 10.6 Å². The number of carbonyl (C=O) groups excluding carboxylic acids is 1. The first-order valence-corrected chi connectivity index (χ1v) is 8.54. The molecule has 0 aromatic heterocycles. The molecule has 21 heavy (non-hydrogen) atoms. The van der Waals surface area contributed by atoms with Crippen molar-refractivity contribution >= 4 is 21.6 Å². The molecule has 1 saturated heterocycles. The summed E-state index contributed by atoms with van der Waals surface area (Å²) in [6.45, 7) is 3.71. The minimum atomic E-state index is -3.50. The summed E-state index contributed by atoms with van der Waals surface area (Å²) in [6.07, 6.45) is 2.12. The molecule has 0 radical (unpaired) electrons. The molecule has 1 heterocycles. The quantitative estimate of drug-likeness (QED) is 0.755. The van der Waals surface area contributed by atoms with Crippen LogP contribution in [0, 0.1) is 5.92 Å². The Hall–Kier alpha value is -1.44. The van der Waals surface area contributed by atoms with Crippen LogP contribution < -0.4 is 15.4 Å². The van der Waals surface area contributed by atoms with Crippen molar-refractivity contribution in [2.24, 2.45) is 5.92 Å². The van der Waals surface area contributed by atoms with Gasteiger partial charge in [0.2, 0.25) is 15.9 Å². The van der Waals surface area contributed by atoms with Gasteiger partial charge >= 0.3 is 0 Å². The molecule has 3 N–H and O–H groups in total. The second kappa shape index (κ2) is 7.02. The van der Waals surface area contributed by atoms with Crippen molar-refractivity contribution in [3.63, 3.8) is 0 Å². The van der Waals surface area contributed by atoms with E-state index in [9.17, 15) is 13.2 Å². The number of nitrogens with one attached hydrogen (secondary N) is 3. The normalized spacial score (nSPS) is 19.2. The van der Waals surface area contributed by atoms with E-state index in [0.29, 0.717) is 18.2 Å². The first kappa shape index (κ1) is 15.9. The van der Waals surface area contributed by atoms with Crippen molar-refractivity contribution in [3.05, 3.63) is 24.3 Å². The van der Waals surface area contributed by atoms with Crippen LogP contribution in [0.5, 0.6) is 0 Å². The highest BCUT2D eigenvalue weighted by Gasteiger charge is 2.18. The summed E-state index contributed by atoms with van der Waals surface area (Å²) >= 11 is 0. The lowest BCUT2D eigenvalue weighted by atomic mass is 10.0. The molecule has 1 aromatic rings. The van der Waals surface area contributed by atoms with Crippen molar-refractivity contribution in [2.75, 3.05) is 25.0 Å². The Morgan fingerprint density at radius 2 is 2.05 bits per heavy atom. The molecule has 1 unspecified atom stereocenters. The molecule has 0 saturated carbocycles. The Kier molecular flexibility index (Phi) is 5.33. The third-order valence-electron chi connectivity index (χ3n) is 3.45. The highest BCUT2D eigenvalue weighted by molar-refractivity contribution is 7.89. The molecule has 0 bridgehead atoms. The molecular formula is C14H21N3O3S. The fourth-order valence-corrected chi connectivity index (χ4v) is 3.45. The molecule has 1 amide bonds. The zero-order valence-corrected chi connectivity index (χ0v) is 12.9. The second-order valence-corrected chi connectivity index (χ2v) is 7.04. The summed E-state index contributed by atoms with van der Waals surface area (Å²) in [5.41, 5.74) is 0.581. The van der Waals surface area contributed by atoms with E-state index >= 15 is 0 Å². The molecule has 1 aliphatic rings. The maximum absolute atomic E-state index is 12.2. The molecule has 1 fully saturated rings. The number of hydrogen-bond acceptors (Lipinski definition) is 4. The van der Waals surface area contributed by atoms with Gasteiger partial charge in [-0.05, 0) is 56.1 Å². The van der Waals surface area contributed by atoms with E-state index < -0.39 is 10.0 Å². The van der Waals surface area contributed by atoms with Gasteiger partial charge in [0, 0.05) is 19.2 Å². The largest absolute Gasteiger partial charge is 0.326 e. The summed E-state index contributed by atoms with van der Waals surface area (Å²) in [7, 11) is -3.50. The van der Waals surface area contributed by atoms with Gasteiger partial charge in [0.1, 0.15) is 0 Å². The van der Waals surface area contributed by atoms with Crippen LogP contribution in [0.2, 0.25) is 0 Å². The van der Waals surface area contributed by atoms with E-state index in [2.05, 4.69) is 15.4 Å². The summed E-state index contributed by atoms with van der Waals surface area (Å²) in [4.78, 5) is 11.1. The molecule has 0 aliphatic carbocycles. The number of benzene rings is 1. The lowest BCUT2D eigenvalue weighted by Gasteiger charge is -2.22. The van der Waals surface area contributed by atoms with E-state index in [-0.39, 0.29) is 10.8 Å². The third kappa shape index (κ3) is 4.80. The van der Waals surface area contributed by atoms with Crippen LogP contribution in [0.1, 0.15) is 19.8 Å². The van der Waals surface area contributed by atoms with Crippen LogP contribution >= 0.6 is 0 Å². The van der Waals surface area contributed by atoms with E-state index in [1.54, 1.807) is 12.1 Å². The van der Waals surface area contributed by atoms with Crippen molar-refractivity contribution in [2.45, 2.75) is 24.7 Å². The van der Waals surface area contributed by atoms with Gasteiger partial charge in [-0.15, -0.1) is 0 Å². The lowest BCUT2D eigenvalue weighted by molar-refractivity contribution is -0.114. The molecule has 1 aromatic carbocycles. The average molecular weight is 311 g/mol. The molecule has 7 heteroatoms. The summed E-state index contributed by atoms with van der Waals surface area (Å²) in [5.74, 6) is 0.153. The van der Waals surface area contributed by atoms with Crippen molar-refractivity contribution in [3.8, 4) is 0 Å². The van der Waals surface area contributed by atoms with Crippen molar-refractivity contribution in [1.29, 1.82) is 0 Å². The Bertz CT molecular complexity index is 578. The van der Waals surface area contributed by atoms with Crippen LogP contribution in [-0.4, -0.2) is 34.0 Å². The Labute approximate surface area is 125 Å². The average Bonchev–Trinajstić information content (AvgIpc) is 2.46. The summed E-state index contributed by atoms with van der Waals surface area (Å²) < 4.78 is 27.0. The number of rotatable bonds is 5. The number of piperidine rings is 1. The second-order valence-electron chi connectivity index (χ2n) is 5.27. The van der Waals surface area contributed by atoms with Gasteiger partial charge in [-0.1, -0.05) is 0 Å². The number of amides is 1. The van der Waals surface area contributed by atoms with Crippen LogP contribution in [0.4, 0.5) is 5.69 Å². The summed E-state index contributed by atoms with van der Waals surface area (Å²) in [5, 5.41) is 5.87. The van der Waals surface area contributed by atoms with Gasteiger partial charge in [-0.3, -0.25) is 4.79 Å². The standard InChI is InChI=1S/C14H21N3O3S/c1-11(18)17-13-4-6-14(7-5-13)21(19,20)16-10-12-3-2-8-15-9-12/h4-7,12,15-16H,2-3,8-10H2,1H3,(H,17,18). The molecular weight excluding hydrogens is 290 g/mol. The van der Waals surface area contributed by atoms with Crippen LogP contribution in [-0.2, 0) is 14.8 Å². The van der Waals surface area contributed by atoms with Crippen LogP contribution in [0.25, 0.3) is 0 Å². The lowest BCUT2D eigenvalue weighted by Crippen LogP contribution is -2.38. The first-order chi connectivity index (χ1) is 9.97. The number of anilines is 1. The van der Waals surface area contributed by atoms with Gasteiger partial charge in [-0.2, -0.15) is 0 Å². The predicted molar refractivity (Wildman–Crippen MR) is 81.5 cm³/mol. The van der Waals surface area contributed by atoms with E-state index in [1.807, 2.05) is 0 Å². The monoisotopic (exact) mass is 311 g/mol. The topological polar surface area (TPSA) is 87.3 Å². The van der Waals surface area contributed by atoms with Gasteiger partial charge in [0.25, 0.3) is 0 Å². The third-order valence-corrected chi connectivity index (χ3v) is 4.89. The molecule has 0 spiro atoms. The Balaban J connectivity index is 1.96. The first-order valence-electron chi connectivity index (χ1n) is 7.05. The van der Waals surface area contributed by atoms with Crippen molar-refractivity contribution in [1.82, 2.24) is 10.0 Å². The summed E-state index contributed by atoms with van der Waals surface area (Å²) in [6, 6.07) is 6.15. The predicted octanol–water partition coefficient (Wildman–Crippen LogP) is 0.923. The highest BCUT2D eigenvalue weighted by atomic mass is 32.2. The Morgan fingerprint density at radius 3 is 2.62 bits per heavy atom. The van der Waals surface area contributed by atoms with Gasteiger partial charge in [-0.25, -0.2) is 13.1 Å². The van der Waals surface area contributed by atoms with Crippen molar-refractivity contribution < 1.29 is 13.2 Å². The van der Waals surface area contributed by atoms with E-state index in [1.165, 1.54) is 19.1 Å². The number of hydrogen-bond donors (Lipinski definition) is 3. The molecule has 2 rings (SSSR count). The van der Waals surface area contributed by atoms with Gasteiger partial charge in [0.15, 0.2) is 0 Å². The Morgan fingerprint density at radius 1 is 1.33 bits per heavy atom. The fraction of sp³-hybridized carbons (Fsp3) is 0.500. The molecule has 116 valence electrons. The van der Waals surface area contributed by atoms with Crippen LogP contribution in [0.15, 0.2) is 29.2 Å². The zero-order chi connectivity index (χ0) is 15.3. The minimum absolute atomic E-state index is 0.187. The molecule has 1 atom stereocenters. The molecule has 6 nitrogen and oxygen atoms in total. The number of carbonyl (C=O) groups is 1. The smallest absolute Gasteiger partial charge is 0.240 e. The minimum Gasteiger partial charge on any atom is -0.326 e. The zero-order valence-electron chi connectivity index (χ0n) is 12.1. The molecule has 1 aliphatic heterocycles. The fourth-order valence-electron chi connectivity index (χ4n) is 2.33. The van der Waals surface area contributed by atoms with E-state index in [0.717, 1.165) is 25.9 Å². The maximum Gasteiger partial charge on any atom is 0.240 e. The highest BCUT2D eigenvalue weighted by Crippen LogP contribution is 2.15. The van der Waals surface area contributed by atoms with E-state index in [4.69, 9.17) is 0 Å². The van der Waals surface area contributed by atoms with Gasteiger partial charge in [0.05, 0.1) is 4.90 Å². The number of sulfonamides is 1. The maximum atomic E-state index is 12.2. The van der Waals surface area contributed by atoms with Crippen LogP contribution in [0.3, 0.4) is 0 Å². The SMILES string of the molecule is CC(=O)Nc1ccc(S(=O)(=O)NCC2CCCNC2)cc1.